The lowest BCUT2D eigenvalue weighted by Gasteiger charge is -2.15. The Balaban J connectivity index is 2.59. The summed E-state index contributed by atoms with van der Waals surface area (Å²) in [7, 11) is 0. The predicted molar refractivity (Wildman–Crippen MR) is 62.0 cm³/mol. The summed E-state index contributed by atoms with van der Waals surface area (Å²) >= 11 is 0. The highest BCUT2D eigenvalue weighted by molar-refractivity contribution is 6.01. The maximum absolute atomic E-state index is 11.4. The van der Waals surface area contributed by atoms with Crippen molar-refractivity contribution < 1.29 is 0 Å². The minimum Gasteiger partial charge on any atom is -0.348 e. The van der Waals surface area contributed by atoms with E-state index in [1.54, 1.807) is 6.07 Å². The third-order valence-electron chi connectivity index (χ3n) is 2.76. The van der Waals surface area contributed by atoms with Gasteiger partial charge in [-0.3, -0.25) is 4.79 Å². The topological polar surface area (TPSA) is 44.9 Å². The van der Waals surface area contributed by atoms with E-state index in [0.717, 1.165) is 16.6 Å². The first kappa shape index (κ1) is 8.29. The standard InChI is InChI=1S/C12H10N2O/c1-7-2-3-8-6-10(15)14-12-11(8)9(7)4-5-13-12/h2-6H,1H3,(H2,13,14,15). The van der Waals surface area contributed by atoms with Crippen molar-refractivity contribution in [3.63, 3.8) is 0 Å². The maximum atomic E-state index is 11.4. The highest BCUT2D eigenvalue weighted by atomic mass is 16.1. The monoisotopic (exact) mass is 198 g/mol. The van der Waals surface area contributed by atoms with Gasteiger partial charge in [0.2, 0.25) is 5.56 Å². The van der Waals surface area contributed by atoms with E-state index in [4.69, 9.17) is 0 Å². The van der Waals surface area contributed by atoms with Gasteiger partial charge in [0.05, 0.1) is 0 Å². The van der Waals surface area contributed by atoms with Crippen molar-refractivity contribution >= 4 is 22.7 Å². The van der Waals surface area contributed by atoms with Gasteiger partial charge in [0.15, 0.2) is 0 Å². The minimum absolute atomic E-state index is 0.0740. The molecule has 3 heteroatoms. The van der Waals surface area contributed by atoms with Gasteiger partial charge < -0.3 is 10.3 Å². The number of nitrogens with one attached hydrogen (secondary N) is 2. The molecule has 1 aliphatic rings. The van der Waals surface area contributed by atoms with Crippen LogP contribution in [0, 0.1) is 6.92 Å². The van der Waals surface area contributed by atoms with Crippen LogP contribution in [0.15, 0.2) is 29.2 Å². The van der Waals surface area contributed by atoms with Crippen LogP contribution in [0.3, 0.4) is 0 Å². The fourth-order valence-electron chi connectivity index (χ4n) is 2.03. The Hall–Kier alpha value is -2.03. The second-order valence-electron chi connectivity index (χ2n) is 3.75. The summed E-state index contributed by atoms with van der Waals surface area (Å²) in [5.74, 6) is 0.790. The number of hydrogen-bond donors (Lipinski definition) is 2. The van der Waals surface area contributed by atoms with Crippen molar-refractivity contribution in [1.82, 2.24) is 4.98 Å². The summed E-state index contributed by atoms with van der Waals surface area (Å²) in [6.45, 7) is 2.07. The molecule has 74 valence electrons. The van der Waals surface area contributed by atoms with Gasteiger partial charge >= 0.3 is 0 Å². The summed E-state index contributed by atoms with van der Waals surface area (Å²) in [4.78, 5) is 14.2. The second kappa shape index (κ2) is 2.73. The van der Waals surface area contributed by atoms with Crippen LogP contribution in [0.25, 0.3) is 16.8 Å². The zero-order valence-corrected chi connectivity index (χ0v) is 8.29. The Morgan fingerprint density at radius 2 is 2.13 bits per heavy atom. The first-order chi connectivity index (χ1) is 7.25. The zero-order valence-electron chi connectivity index (χ0n) is 8.29. The molecule has 15 heavy (non-hydrogen) atoms. The maximum Gasteiger partial charge on any atom is 0.250 e. The molecule has 1 aliphatic heterocycles. The Kier molecular flexibility index (Phi) is 1.51. The number of aromatic nitrogens is 1. The molecule has 0 unspecified atom stereocenters. The number of pyridine rings is 1. The van der Waals surface area contributed by atoms with E-state index < -0.39 is 0 Å². The lowest BCUT2D eigenvalue weighted by Crippen LogP contribution is -2.10. The summed E-state index contributed by atoms with van der Waals surface area (Å²) in [6.07, 6.45) is 3.88. The smallest absolute Gasteiger partial charge is 0.250 e. The Morgan fingerprint density at radius 1 is 1.27 bits per heavy atom. The summed E-state index contributed by atoms with van der Waals surface area (Å²) in [5.41, 5.74) is 2.32. The van der Waals surface area contributed by atoms with Crippen molar-refractivity contribution in [2.24, 2.45) is 0 Å². The van der Waals surface area contributed by atoms with Crippen molar-refractivity contribution in [1.29, 1.82) is 0 Å². The van der Waals surface area contributed by atoms with Crippen LogP contribution in [0.1, 0.15) is 11.1 Å². The molecule has 0 radical (unpaired) electrons. The van der Waals surface area contributed by atoms with Gasteiger partial charge in [0.25, 0.3) is 0 Å². The fraction of sp³-hybridized carbons (Fsp3) is 0.0833. The summed E-state index contributed by atoms with van der Waals surface area (Å²) < 4.78 is 0. The van der Waals surface area contributed by atoms with E-state index in [0.29, 0.717) is 0 Å². The molecule has 0 saturated carbocycles. The van der Waals surface area contributed by atoms with E-state index in [2.05, 4.69) is 17.2 Å². The molecule has 0 saturated heterocycles. The Morgan fingerprint density at radius 3 is 3.00 bits per heavy atom. The van der Waals surface area contributed by atoms with Crippen LogP contribution in [0.5, 0.6) is 0 Å². The highest BCUT2D eigenvalue weighted by Crippen LogP contribution is 2.30. The summed E-state index contributed by atoms with van der Waals surface area (Å²) in [6, 6.07) is 5.65. The fourth-order valence-corrected chi connectivity index (χ4v) is 2.03. The minimum atomic E-state index is -0.0740. The quantitative estimate of drug-likeness (QED) is 0.681. The van der Waals surface area contributed by atoms with E-state index >= 15 is 0 Å². The average molecular weight is 198 g/mol. The Bertz CT molecular complexity index is 638. The molecule has 0 amide bonds. The number of aromatic amines is 1. The largest absolute Gasteiger partial charge is 0.348 e. The van der Waals surface area contributed by atoms with Crippen molar-refractivity contribution in [2.75, 3.05) is 5.32 Å². The normalized spacial score (nSPS) is 12.9. The van der Waals surface area contributed by atoms with Gasteiger partial charge in [-0.15, -0.1) is 0 Å². The third kappa shape index (κ3) is 1.09. The van der Waals surface area contributed by atoms with Crippen LogP contribution in [0.4, 0.5) is 5.82 Å². The molecule has 3 nitrogen and oxygen atoms in total. The second-order valence-corrected chi connectivity index (χ2v) is 3.75. The van der Waals surface area contributed by atoms with Crippen LogP contribution in [-0.2, 0) is 0 Å². The molecular formula is C12H10N2O. The number of anilines is 1. The molecule has 2 N–H and O–H groups in total. The highest BCUT2D eigenvalue weighted by Gasteiger charge is 2.11. The number of benzene rings is 1. The zero-order chi connectivity index (χ0) is 10.4. The van der Waals surface area contributed by atoms with Gasteiger partial charge in [-0.05, 0) is 29.5 Å². The number of H-pyrrole nitrogens is 1. The van der Waals surface area contributed by atoms with Gasteiger partial charge in [0, 0.05) is 17.7 Å². The first-order valence-corrected chi connectivity index (χ1v) is 4.85. The molecular weight excluding hydrogens is 188 g/mol. The van der Waals surface area contributed by atoms with E-state index in [1.807, 2.05) is 24.4 Å². The van der Waals surface area contributed by atoms with Crippen molar-refractivity contribution in [3.8, 4) is 0 Å². The van der Waals surface area contributed by atoms with Crippen LogP contribution >= 0.6 is 0 Å². The molecule has 0 atom stereocenters. The lowest BCUT2D eigenvalue weighted by atomic mass is 9.99. The molecule has 2 aromatic rings. The molecule has 0 spiro atoms. The van der Waals surface area contributed by atoms with E-state index in [1.165, 1.54) is 11.1 Å². The average Bonchev–Trinajstić information content (AvgIpc) is 2.23. The molecule has 0 bridgehead atoms. The SMILES string of the molecule is Cc1ccc2cc(=O)[nH]c3c2c1C=CN3. The third-order valence-corrected chi connectivity index (χ3v) is 2.76. The van der Waals surface area contributed by atoms with Gasteiger partial charge in [0.1, 0.15) is 5.82 Å². The van der Waals surface area contributed by atoms with E-state index in [9.17, 15) is 4.79 Å². The number of aryl methyl sites for hydroxylation is 1. The Labute approximate surface area is 86.4 Å². The molecule has 0 aliphatic carbocycles. The first-order valence-electron chi connectivity index (χ1n) is 4.85. The van der Waals surface area contributed by atoms with Gasteiger partial charge in [-0.1, -0.05) is 12.1 Å². The molecule has 1 aromatic carbocycles. The lowest BCUT2D eigenvalue weighted by molar-refractivity contribution is 1.25. The van der Waals surface area contributed by atoms with Crippen molar-refractivity contribution in [3.05, 3.63) is 45.9 Å². The van der Waals surface area contributed by atoms with Crippen LogP contribution in [-0.4, -0.2) is 4.98 Å². The van der Waals surface area contributed by atoms with E-state index in [-0.39, 0.29) is 5.56 Å². The molecule has 1 aromatic heterocycles. The number of hydrogen-bond acceptors (Lipinski definition) is 2. The predicted octanol–water partition coefficient (Wildman–Crippen LogP) is 2.23. The van der Waals surface area contributed by atoms with Gasteiger partial charge in [-0.25, -0.2) is 0 Å². The van der Waals surface area contributed by atoms with Gasteiger partial charge in [-0.2, -0.15) is 0 Å². The van der Waals surface area contributed by atoms with Crippen molar-refractivity contribution in [2.45, 2.75) is 6.92 Å². The summed E-state index contributed by atoms with van der Waals surface area (Å²) in [5, 5.41) is 5.13. The molecule has 3 rings (SSSR count). The van der Waals surface area contributed by atoms with Crippen LogP contribution in [0.2, 0.25) is 0 Å². The number of rotatable bonds is 0. The molecule has 0 fully saturated rings. The van der Waals surface area contributed by atoms with Crippen LogP contribution < -0.4 is 10.9 Å². The molecule has 2 heterocycles.